The van der Waals surface area contributed by atoms with Gasteiger partial charge in [0.2, 0.25) is 0 Å². The molecule has 0 aromatic rings. The summed E-state index contributed by atoms with van der Waals surface area (Å²) in [6, 6.07) is 0.671. The van der Waals surface area contributed by atoms with Gasteiger partial charge < -0.3 is 10.1 Å². The Morgan fingerprint density at radius 3 is 3.00 bits per heavy atom. The molecular weight excluding hydrogens is 176 g/mol. The quantitative estimate of drug-likeness (QED) is 0.735. The topological polar surface area (TPSA) is 24.5 Å². The Labute approximate surface area is 87.8 Å². The van der Waals surface area contributed by atoms with E-state index in [1.807, 2.05) is 7.05 Å². The number of hydrogen-bond donors (Lipinski definition) is 1. The minimum atomic E-state index is 0.392. The summed E-state index contributed by atoms with van der Waals surface area (Å²) >= 11 is 0. The summed E-state index contributed by atoms with van der Waals surface area (Å²) in [6.45, 7) is 8.71. The molecule has 1 aliphatic rings. The Hall–Kier alpha value is -0.120. The first-order valence-electron chi connectivity index (χ1n) is 5.78. The maximum Gasteiger partial charge on any atom is 0.0674 e. The van der Waals surface area contributed by atoms with Crippen LogP contribution < -0.4 is 5.32 Å². The van der Waals surface area contributed by atoms with Crippen molar-refractivity contribution in [3.63, 3.8) is 0 Å². The molecule has 0 aliphatic carbocycles. The van der Waals surface area contributed by atoms with Crippen molar-refractivity contribution in [1.29, 1.82) is 0 Å². The second-order valence-corrected chi connectivity index (χ2v) is 4.15. The van der Waals surface area contributed by atoms with Gasteiger partial charge in [-0.15, -0.1) is 0 Å². The van der Waals surface area contributed by atoms with Gasteiger partial charge in [-0.3, -0.25) is 4.90 Å². The maximum absolute atomic E-state index is 5.64. The Morgan fingerprint density at radius 1 is 1.57 bits per heavy atom. The Bertz CT molecular complexity index is 152. The van der Waals surface area contributed by atoms with E-state index in [2.05, 4.69) is 24.1 Å². The minimum Gasteiger partial charge on any atom is -0.377 e. The van der Waals surface area contributed by atoms with E-state index in [9.17, 15) is 0 Å². The van der Waals surface area contributed by atoms with Crippen molar-refractivity contribution in [1.82, 2.24) is 10.2 Å². The fourth-order valence-corrected chi connectivity index (χ4v) is 2.13. The zero-order valence-electron chi connectivity index (χ0n) is 9.75. The first-order chi connectivity index (χ1) is 6.77. The van der Waals surface area contributed by atoms with Gasteiger partial charge in [-0.1, -0.05) is 6.92 Å². The summed E-state index contributed by atoms with van der Waals surface area (Å²) in [5.41, 5.74) is 0. The van der Waals surface area contributed by atoms with Crippen LogP contribution in [0.2, 0.25) is 0 Å². The lowest BCUT2D eigenvalue weighted by Crippen LogP contribution is -2.43. The predicted octanol–water partition coefficient (Wildman–Crippen LogP) is 1.10. The van der Waals surface area contributed by atoms with Crippen molar-refractivity contribution in [2.45, 2.75) is 38.8 Å². The van der Waals surface area contributed by atoms with Gasteiger partial charge in [0.15, 0.2) is 0 Å². The van der Waals surface area contributed by atoms with Gasteiger partial charge in [0.25, 0.3) is 0 Å². The second-order valence-electron chi connectivity index (χ2n) is 4.15. The normalized spacial score (nSPS) is 27.2. The van der Waals surface area contributed by atoms with Crippen LogP contribution in [0.5, 0.6) is 0 Å². The highest BCUT2D eigenvalue weighted by atomic mass is 16.5. The molecule has 2 atom stereocenters. The molecule has 0 bridgehead atoms. The summed E-state index contributed by atoms with van der Waals surface area (Å²) in [7, 11) is 2.03. The van der Waals surface area contributed by atoms with Crippen molar-refractivity contribution in [3.8, 4) is 0 Å². The molecule has 3 nitrogen and oxygen atoms in total. The Balaban J connectivity index is 2.45. The zero-order valence-corrected chi connectivity index (χ0v) is 9.75. The summed E-state index contributed by atoms with van der Waals surface area (Å²) in [6.07, 6.45) is 2.78. The lowest BCUT2D eigenvalue weighted by Gasteiger charge is -2.30. The van der Waals surface area contributed by atoms with Crippen molar-refractivity contribution >= 4 is 0 Å². The second kappa shape index (κ2) is 6.38. The maximum atomic E-state index is 5.64. The predicted molar refractivity (Wildman–Crippen MR) is 59.6 cm³/mol. The molecule has 2 unspecified atom stereocenters. The lowest BCUT2D eigenvalue weighted by atomic mass is 10.1. The summed E-state index contributed by atoms with van der Waals surface area (Å²) in [5, 5.41) is 3.27. The van der Waals surface area contributed by atoms with Gasteiger partial charge in [-0.2, -0.15) is 0 Å². The third-order valence-electron chi connectivity index (χ3n) is 2.91. The van der Waals surface area contributed by atoms with E-state index < -0.39 is 0 Å². The number of hydrogen-bond acceptors (Lipinski definition) is 3. The van der Waals surface area contributed by atoms with Crippen molar-refractivity contribution in [2.24, 2.45) is 0 Å². The molecule has 1 aliphatic heterocycles. The molecular formula is C11H24N2O. The molecule has 1 fully saturated rings. The smallest absolute Gasteiger partial charge is 0.0674 e. The number of ether oxygens (including phenoxy) is 1. The van der Waals surface area contributed by atoms with Crippen LogP contribution in [0, 0.1) is 0 Å². The van der Waals surface area contributed by atoms with E-state index in [-0.39, 0.29) is 0 Å². The Morgan fingerprint density at radius 2 is 2.36 bits per heavy atom. The summed E-state index contributed by atoms with van der Waals surface area (Å²) in [4.78, 5) is 2.56. The molecule has 1 N–H and O–H groups in total. The monoisotopic (exact) mass is 200 g/mol. The van der Waals surface area contributed by atoms with Crippen LogP contribution in [0.25, 0.3) is 0 Å². The number of likely N-dealkylation sites (N-methyl/N-ethyl adjacent to an activating group) is 1. The number of nitrogens with one attached hydrogen (secondary N) is 1. The molecule has 0 aromatic carbocycles. The Kier molecular flexibility index (Phi) is 5.45. The average Bonchev–Trinajstić information content (AvgIpc) is 2.39. The van der Waals surface area contributed by atoms with Crippen LogP contribution in [0.4, 0.5) is 0 Å². The molecule has 0 saturated carbocycles. The fraction of sp³-hybridized carbons (Fsp3) is 1.00. The van der Waals surface area contributed by atoms with Gasteiger partial charge in [-0.25, -0.2) is 0 Å². The van der Waals surface area contributed by atoms with Gasteiger partial charge in [0.1, 0.15) is 0 Å². The van der Waals surface area contributed by atoms with Gasteiger partial charge in [-0.05, 0) is 26.8 Å². The number of rotatable bonds is 4. The van der Waals surface area contributed by atoms with Crippen LogP contribution in [0.3, 0.4) is 0 Å². The summed E-state index contributed by atoms with van der Waals surface area (Å²) < 4.78 is 5.64. The average molecular weight is 200 g/mol. The van der Waals surface area contributed by atoms with Crippen LogP contribution in [-0.4, -0.2) is 50.3 Å². The van der Waals surface area contributed by atoms with Crippen molar-refractivity contribution < 1.29 is 4.74 Å². The van der Waals surface area contributed by atoms with Crippen LogP contribution in [0.1, 0.15) is 26.7 Å². The van der Waals surface area contributed by atoms with Crippen molar-refractivity contribution in [2.75, 3.05) is 33.3 Å². The molecule has 0 aromatic heterocycles. The highest BCUT2D eigenvalue weighted by Gasteiger charge is 2.20. The SMILES string of the molecule is CCC(CNC)N1CCCOC(C)C1. The fourth-order valence-electron chi connectivity index (χ4n) is 2.13. The molecule has 1 saturated heterocycles. The first-order valence-corrected chi connectivity index (χ1v) is 5.78. The minimum absolute atomic E-state index is 0.392. The van der Waals surface area contributed by atoms with E-state index in [1.54, 1.807) is 0 Å². The standard InChI is InChI=1S/C11H24N2O/c1-4-11(8-12-3)13-6-5-7-14-10(2)9-13/h10-12H,4-9H2,1-3H3. The largest absolute Gasteiger partial charge is 0.377 e. The van der Waals surface area contributed by atoms with Gasteiger partial charge >= 0.3 is 0 Å². The van der Waals surface area contributed by atoms with E-state index in [4.69, 9.17) is 4.74 Å². The molecule has 0 spiro atoms. The molecule has 0 amide bonds. The van der Waals surface area contributed by atoms with Crippen LogP contribution in [-0.2, 0) is 4.74 Å². The van der Waals surface area contributed by atoms with Crippen LogP contribution >= 0.6 is 0 Å². The van der Waals surface area contributed by atoms with Gasteiger partial charge in [0, 0.05) is 32.3 Å². The highest BCUT2D eigenvalue weighted by molar-refractivity contribution is 4.76. The lowest BCUT2D eigenvalue weighted by molar-refractivity contribution is 0.0603. The molecule has 3 heteroatoms. The van der Waals surface area contributed by atoms with E-state index in [0.717, 1.165) is 19.7 Å². The van der Waals surface area contributed by atoms with Crippen LogP contribution in [0.15, 0.2) is 0 Å². The number of nitrogens with zero attached hydrogens (tertiary/aromatic N) is 1. The molecule has 1 rings (SSSR count). The van der Waals surface area contributed by atoms with E-state index >= 15 is 0 Å². The van der Waals surface area contributed by atoms with Crippen molar-refractivity contribution in [3.05, 3.63) is 0 Å². The van der Waals surface area contributed by atoms with Gasteiger partial charge in [0.05, 0.1) is 6.10 Å². The molecule has 0 radical (unpaired) electrons. The van der Waals surface area contributed by atoms with E-state index in [1.165, 1.54) is 19.4 Å². The first kappa shape index (κ1) is 12.0. The molecule has 14 heavy (non-hydrogen) atoms. The summed E-state index contributed by atoms with van der Waals surface area (Å²) in [5.74, 6) is 0. The van der Waals surface area contributed by atoms with E-state index in [0.29, 0.717) is 12.1 Å². The highest BCUT2D eigenvalue weighted by Crippen LogP contribution is 2.10. The molecule has 84 valence electrons. The molecule has 1 heterocycles. The zero-order chi connectivity index (χ0) is 10.4. The third-order valence-corrected chi connectivity index (χ3v) is 2.91. The third kappa shape index (κ3) is 3.56.